The van der Waals surface area contributed by atoms with E-state index in [1.54, 1.807) is 0 Å². The van der Waals surface area contributed by atoms with E-state index in [0.29, 0.717) is 12.0 Å². The van der Waals surface area contributed by atoms with Crippen LogP contribution in [0.5, 0.6) is 0 Å². The van der Waals surface area contributed by atoms with E-state index in [1.807, 2.05) is 0 Å². The predicted molar refractivity (Wildman–Crippen MR) is 72.8 cm³/mol. The van der Waals surface area contributed by atoms with E-state index in [-0.39, 0.29) is 24.4 Å². The van der Waals surface area contributed by atoms with Crippen molar-refractivity contribution in [2.45, 2.75) is 44.7 Å². The molecular weight excluding hydrogens is 262 g/mol. The Morgan fingerprint density at radius 2 is 2.00 bits per heavy atom. The van der Waals surface area contributed by atoms with Gasteiger partial charge in [0.2, 0.25) is 5.91 Å². The summed E-state index contributed by atoms with van der Waals surface area (Å²) in [6, 6.07) is 3.72. The van der Waals surface area contributed by atoms with E-state index >= 15 is 0 Å². The molecule has 20 heavy (non-hydrogen) atoms. The lowest BCUT2D eigenvalue weighted by Gasteiger charge is -2.27. The summed E-state index contributed by atoms with van der Waals surface area (Å²) in [5, 5.41) is 2.73. The van der Waals surface area contributed by atoms with Gasteiger partial charge in [-0.1, -0.05) is 18.9 Å². The Morgan fingerprint density at radius 1 is 1.25 bits per heavy atom. The SMILES string of the molecule is NC1CCCCC1CC(=O)NCc1ccc(F)c(F)c1. The molecule has 0 bridgehead atoms. The number of nitrogens with two attached hydrogens (primary N) is 1. The number of nitrogens with one attached hydrogen (secondary N) is 1. The molecule has 3 nitrogen and oxygen atoms in total. The molecule has 2 atom stereocenters. The van der Waals surface area contributed by atoms with E-state index < -0.39 is 11.6 Å². The average Bonchev–Trinajstić information content (AvgIpc) is 2.43. The van der Waals surface area contributed by atoms with Crippen molar-refractivity contribution in [1.82, 2.24) is 5.32 Å². The van der Waals surface area contributed by atoms with Gasteiger partial charge in [-0.05, 0) is 36.5 Å². The van der Waals surface area contributed by atoms with E-state index in [2.05, 4.69) is 5.32 Å². The van der Waals surface area contributed by atoms with Gasteiger partial charge in [-0.15, -0.1) is 0 Å². The second-order valence-electron chi connectivity index (χ2n) is 5.44. The third-order valence-electron chi connectivity index (χ3n) is 3.89. The van der Waals surface area contributed by atoms with Crippen LogP contribution in [0.4, 0.5) is 8.78 Å². The molecule has 1 saturated carbocycles. The topological polar surface area (TPSA) is 55.1 Å². The van der Waals surface area contributed by atoms with Gasteiger partial charge in [0, 0.05) is 19.0 Å². The standard InChI is InChI=1S/C15H20F2N2O/c16-12-6-5-10(7-13(12)17)9-19-15(20)8-11-3-1-2-4-14(11)18/h5-7,11,14H,1-4,8-9,18H2,(H,19,20). The first kappa shape index (κ1) is 14.9. The first-order chi connectivity index (χ1) is 9.56. The van der Waals surface area contributed by atoms with Crippen molar-refractivity contribution < 1.29 is 13.6 Å². The smallest absolute Gasteiger partial charge is 0.220 e. The van der Waals surface area contributed by atoms with Crippen LogP contribution in [0.25, 0.3) is 0 Å². The molecule has 0 heterocycles. The molecule has 0 aliphatic heterocycles. The summed E-state index contributed by atoms with van der Waals surface area (Å²) >= 11 is 0. The molecule has 0 spiro atoms. The second-order valence-corrected chi connectivity index (χ2v) is 5.44. The maximum absolute atomic E-state index is 13.0. The van der Waals surface area contributed by atoms with Crippen molar-refractivity contribution in [2.75, 3.05) is 0 Å². The zero-order chi connectivity index (χ0) is 14.5. The number of amides is 1. The molecule has 0 aromatic heterocycles. The number of hydrogen-bond donors (Lipinski definition) is 2. The Balaban J connectivity index is 1.81. The normalized spacial score (nSPS) is 22.6. The van der Waals surface area contributed by atoms with Crippen molar-refractivity contribution in [2.24, 2.45) is 11.7 Å². The average molecular weight is 282 g/mol. The van der Waals surface area contributed by atoms with Crippen molar-refractivity contribution >= 4 is 5.91 Å². The van der Waals surface area contributed by atoms with Gasteiger partial charge in [-0.25, -0.2) is 8.78 Å². The van der Waals surface area contributed by atoms with Gasteiger partial charge in [0.05, 0.1) is 0 Å². The molecule has 2 rings (SSSR count). The number of carbonyl (C=O) groups is 1. The number of halogens is 2. The molecule has 1 aliphatic carbocycles. The fraction of sp³-hybridized carbons (Fsp3) is 0.533. The van der Waals surface area contributed by atoms with Crippen molar-refractivity contribution in [3.8, 4) is 0 Å². The summed E-state index contributed by atoms with van der Waals surface area (Å²) in [4.78, 5) is 11.8. The van der Waals surface area contributed by atoms with E-state index in [0.717, 1.165) is 37.8 Å². The lowest BCUT2D eigenvalue weighted by Crippen LogP contribution is -2.37. The number of hydrogen-bond acceptors (Lipinski definition) is 2. The summed E-state index contributed by atoms with van der Waals surface area (Å²) < 4.78 is 25.8. The quantitative estimate of drug-likeness (QED) is 0.891. The highest BCUT2D eigenvalue weighted by atomic mass is 19.2. The molecule has 1 aromatic rings. The molecule has 5 heteroatoms. The van der Waals surface area contributed by atoms with Gasteiger partial charge < -0.3 is 11.1 Å². The first-order valence-corrected chi connectivity index (χ1v) is 7.02. The van der Waals surface area contributed by atoms with Gasteiger partial charge in [0.15, 0.2) is 11.6 Å². The van der Waals surface area contributed by atoms with Crippen LogP contribution in [0, 0.1) is 17.6 Å². The van der Waals surface area contributed by atoms with E-state index in [1.165, 1.54) is 6.07 Å². The van der Waals surface area contributed by atoms with Crippen LogP contribution in [0.1, 0.15) is 37.7 Å². The zero-order valence-electron chi connectivity index (χ0n) is 11.4. The van der Waals surface area contributed by atoms with Crippen molar-refractivity contribution in [3.63, 3.8) is 0 Å². The monoisotopic (exact) mass is 282 g/mol. The van der Waals surface area contributed by atoms with Gasteiger partial charge in [0.1, 0.15) is 0 Å². The van der Waals surface area contributed by atoms with Crippen molar-refractivity contribution in [1.29, 1.82) is 0 Å². The predicted octanol–water partition coefficient (Wildman–Crippen LogP) is 2.49. The maximum atomic E-state index is 13.0. The Hall–Kier alpha value is -1.49. The minimum absolute atomic E-state index is 0.0860. The van der Waals surface area contributed by atoms with Crippen LogP contribution in [-0.2, 0) is 11.3 Å². The fourth-order valence-corrected chi connectivity index (χ4v) is 2.65. The molecule has 1 aromatic carbocycles. The summed E-state index contributed by atoms with van der Waals surface area (Å²) in [5.74, 6) is -1.63. The highest BCUT2D eigenvalue weighted by Crippen LogP contribution is 2.25. The van der Waals surface area contributed by atoms with Crippen LogP contribution in [0.2, 0.25) is 0 Å². The fourth-order valence-electron chi connectivity index (χ4n) is 2.65. The highest BCUT2D eigenvalue weighted by Gasteiger charge is 2.23. The Bertz CT molecular complexity index is 479. The third kappa shape index (κ3) is 4.00. The minimum atomic E-state index is -0.897. The molecule has 2 unspecified atom stereocenters. The van der Waals surface area contributed by atoms with Gasteiger partial charge in [-0.3, -0.25) is 4.79 Å². The lowest BCUT2D eigenvalue weighted by molar-refractivity contribution is -0.122. The Morgan fingerprint density at radius 3 is 2.70 bits per heavy atom. The van der Waals surface area contributed by atoms with Crippen LogP contribution >= 0.6 is 0 Å². The summed E-state index contributed by atoms with van der Waals surface area (Å²) in [6.07, 6.45) is 4.62. The van der Waals surface area contributed by atoms with Gasteiger partial charge in [0.25, 0.3) is 0 Å². The molecule has 3 N–H and O–H groups in total. The Kier molecular flexibility index (Phi) is 5.06. The van der Waals surface area contributed by atoms with E-state index in [9.17, 15) is 13.6 Å². The molecule has 1 aliphatic rings. The van der Waals surface area contributed by atoms with Gasteiger partial charge >= 0.3 is 0 Å². The van der Waals surface area contributed by atoms with Crippen molar-refractivity contribution in [3.05, 3.63) is 35.4 Å². The first-order valence-electron chi connectivity index (χ1n) is 7.02. The second kappa shape index (κ2) is 6.79. The molecule has 110 valence electrons. The highest BCUT2D eigenvalue weighted by molar-refractivity contribution is 5.76. The molecule has 0 saturated heterocycles. The molecular formula is C15H20F2N2O. The third-order valence-corrected chi connectivity index (χ3v) is 3.89. The number of benzene rings is 1. The van der Waals surface area contributed by atoms with Crippen LogP contribution in [0.15, 0.2) is 18.2 Å². The minimum Gasteiger partial charge on any atom is -0.352 e. The lowest BCUT2D eigenvalue weighted by atomic mass is 9.83. The zero-order valence-corrected chi connectivity index (χ0v) is 11.4. The largest absolute Gasteiger partial charge is 0.352 e. The number of rotatable bonds is 4. The van der Waals surface area contributed by atoms with Crippen LogP contribution < -0.4 is 11.1 Å². The Labute approximate surface area is 117 Å². The van der Waals surface area contributed by atoms with Gasteiger partial charge in [-0.2, -0.15) is 0 Å². The summed E-state index contributed by atoms with van der Waals surface area (Å²) in [6.45, 7) is 0.206. The summed E-state index contributed by atoms with van der Waals surface area (Å²) in [5.41, 5.74) is 6.55. The summed E-state index contributed by atoms with van der Waals surface area (Å²) in [7, 11) is 0. The molecule has 0 radical (unpaired) electrons. The van der Waals surface area contributed by atoms with Crippen LogP contribution in [-0.4, -0.2) is 11.9 Å². The van der Waals surface area contributed by atoms with Crippen LogP contribution in [0.3, 0.4) is 0 Å². The van der Waals surface area contributed by atoms with E-state index in [4.69, 9.17) is 5.73 Å². The number of carbonyl (C=O) groups excluding carboxylic acids is 1. The molecule has 1 amide bonds. The molecule has 1 fully saturated rings. The maximum Gasteiger partial charge on any atom is 0.220 e.